The van der Waals surface area contributed by atoms with Gasteiger partial charge in [-0.25, -0.2) is 4.39 Å². The number of pyridine rings is 2. The number of amides is 1. The number of nitrogens with one attached hydrogen (secondary N) is 1. The highest BCUT2D eigenvalue weighted by molar-refractivity contribution is 6.04. The Kier molecular flexibility index (Phi) is 3.09. The number of hydrogen-bond acceptors (Lipinski definition) is 3. The summed E-state index contributed by atoms with van der Waals surface area (Å²) in [4.78, 5) is 19.8. The Morgan fingerprint density at radius 3 is 2.85 bits per heavy atom. The van der Waals surface area contributed by atoms with Crippen LogP contribution in [0.5, 0.6) is 0 Å². The topological polar surface area (TPSA) is 54.9 Å². The van der Waals surface area contributed by atoms with Crippen molar-refractivity contribution < 1.29 is 9.18 Å². The summed E-state index contributed by atoms with van der Waals surface area (Å²) in [6.07, 6.45) is 3.92. The van der Waals surface area contributed by atoms with E-state index < -0.39 is 11.7 Å². The lowest BCUT2D eigenvalue weighted by atomic mass is 10.2. The molecule has 3 rings (SSSR count). The molecule has 0 unspecified atom stereocenters. The molecule has 0 aliphatic rings. The lowest BCUT2D eigenvalue weighted by Gasteiger charge is -2.06. The number of hydrogen-bond donors (Lipinski definition) is 1. The highest BCUT2D eigenvalue weighted by Gasteiger charge is 2.11. The molecule has 0 saturated carbocycles. The van der Waals surface area contributed by atoms with E-state index in [0.717, 1.165) is 17.1 Å². The Morgan fingerprint density at radius 1 is 1.15 bits per heavy atom. The normalized spacial score (nSPS) is 10.4. The van der Waals surface area contributed by atoms with Crippen LogP contribution in [0.3, 0.4) is 0 Å². The fourth-order valence-electron chi connectivity index (χ4n) is 1.90. The smallest absolute Gasteiger partial charge is 0.258 e. The van der Waals surface area contributed by atoms with Crippen molar-refractivity contribution in [1.82, 2.24) is 9.97 Å². The molecule has 2 heterocycles. The van der Waals surface area contributed by atoms with Crippen molar-refractivity contribution in [1.29, 1.82) is 0 Å². The second kappa shape index (κ2) is 5.05. The number of anilines is 1. The maximum atomic E-state index is 13.5. The summed E-state index contributed by atoms with van der Waals surface area (Å²) >= 11 is 0. The number of benzene rings is 1. The predicted molar refractivity (Wildman–Crippen MR) is 73.9 cm³/mol. The molecule has 20 heavy (non-hydrogen) atoms. The van der Waals surface area contributed by atoms with Gasteiger partial charge in [0.05, 0.1) is 29.2 Å². The number of para-hydroxylation sites is 1. The lowest BCUT2D eigenvalue weighted by Crippen LogP contribution is -2.14. The molecule has 5 heteroatoms. The maximum Gasteiger partial charge on any atom is 0.258 e. The minimum atomic E-state index is -0.654. The molecular formula is C15H10FN3O. The van der Waals surface area contributed by atoms with Gasteiger partial charge < -0.3 is 5.32 Å². The summed E-state index contributed by atoms with van der Waals surface area (Å²) in [5.74, 6) is -1.18. The number of aromatic nitrogens is 2. The number of carbonyl (C=O) groups is 1. The van der Waals surface area contributed by atoms with Crippen LogP contribution < -0.4 is 5.32 Å². The quantitative estimate of drug-likeness (QED) is 0.776. The monoisotopic (exact) mass is 267 g/mol. The van der Waals surface area contributed by atoms with E-state index in [4.69, 9.17) is 0 Å². The third kappa shape index (κ3) is 2.33. The fraction of sp³-hybridized carbons (Fsp3) is 0. The van der Waals surface area contributed by atoms with Crippen molar-refractivity contribution in [2.75, 3.05) is 5.32 Å². The first-order chi connectivity index (χ1) is 9.74. The van der Waals surface area contributed by atoms with Crippen molar-refractivity contribution in [3.8, 4) is 0 Å². The fourth-order valence-corrected chi connectivity index (χ4v) is 1.90. The van der Waals surface area contributed by atoms with Gasteiger partial charge in [-0.1, -0.05) is 18.2 Å². The minimum Gasteiger partial charge on any atom is -0.320 e. The molecule has 0 fully saturated rings. The SMILES string of the molecule is O=C(Nc1cnc2ccccc2c1)c1ccncc1F. The average molecular weight is 267 g/mol. The molecule has 3 aromatic rings. The largest absolute Gasteiger partial charge is 0.320 e. The van der Waals surface area contributed by atoms with Gasteiger partial charge >= 0.3 is 0 Å². The third-order valence-electron chi connectivity index (χ3n) is 2.87. The van der Waals surface area contributed by atoms with Crippen LogP contribution in [-0.4, -0.2) is 15.9 Å². The van der Waals surface area contributed by atoms with Crippen molar-refractivity contribution in [3.63, 3.8) is 0 Å². The predicted octanol–water partition coefficient (Wildman–Crippen LogP) is 3.02. The number of rotatable bonds is 2. The van der Waals surface area contributed by atoms with Gasteiger partial charge in [0.25, 0.3) is 5.91 Å². The Morgan fingerprint density at radius 2 is 2.00 bits per heavy atom. The molecule has 0 bridgehead atoms. The molecule has 4 nitrogen and oxygen atoms in total. The standard InChI is InChI=1S/C15H10FN3O/c16-13-9-17-6-5-12(13)15(20)19-11-7-10-3-1-2-4-14(10)18-8-11/h1-9H,(H,19,20). The van der Waals surface area contributed by atoms with Crippen LogP contribution >= 0.6 is 0 Å². The number of nitrogens with zero attached hydrogens (tertiary/aromatic N) is 2. The molecule has 98 valence electrons. The van der Waals surface area contributed by atoms with E-state index in [0.29, 0.717) is 5.69 Å². The maximum absolute atomic E-state index is 13.5. The molecule has 0 spiro atoms. The Labute approximate surface area is 114 Å². The van der Waals surface area contributed by atoms with Crippen molar-refractivity contribution in [3.05, 3.63) is 66.4 Å². The second-order valence-electron chi connectivity index (χ2n) is 4.23. The van der Waals surface area contributed by atoms with Gasteiger partial charge in [-0.05, 0) is 18.2 Å². The number of halogens is 1. The molecule has 2 aromatic heterocycles. The van der Waals surface area contributed by atoms with Gasteiger partial charge in [0.2, 0.25) is 0 Å². The van der Waals surface area contributed by atoms with Crippen LogP contribution in [0.2, 0.25) is 0 Å². The van der Waals surface area contributed by atoms with E-state index in [9.17, 15) is 9.18 Å². The van der Waals surface area contributed by atoms with E-state index in [2.05, 4.69) is 15.3 Å². The lowest BCUT2D eigenvalue weighted by molar-refractivity contribution is 0.102. The summed E-state index contributed by atoms with van der Waals surface area (Å²) < 4.78 is 13.5. The first-order valence-corrected chi connectivity index (χ1v) is 6.00. The van der Waals surface area contributed by atoms with E-state index >= 15 is 0 Å². The van der Waals surface area contributed by atoms with E-state index in [-0.39, 0.29) is 5.56 Å². The zero-order valence-electron chi connectivity index (χ0n) is 10.4. The third-order valence-corrected chi connectivity index (χ3v) is 2.87. The van der Waals surface area contributed by atoms with Crippen LogP contribution in [0.15, 0.2) is 55.0 Å². The van der Waals surface area contributed by atoms with Crippen LogP contribution in [0.4, 0.5) is 10.1 Å². The van der Waals surface area contributed by atoms with E-state index in [1.54, 1.807) is 12.3 Å². The zero-order chi connectivity index (χ0) is 13.9. The molecule has 0 aliphatic carbocycles. The summed E-state index contributed by atoms with van der Waals surface area (Å²) in [5.41, 5.74) is 1.30. The summed E-state index contributed by atoms with van der Waals surface area (Å²) in [6.45, 7) is 0. The summed E-state index contributed by atoms with van der Waals surface area (Å²) in [6, 6.07) is 10.7. The molecule has 1 amide bonds. The van der Waals surface area contributed by atoms with E-state index in [1.807, 2.05) is 24.3 Å². The molecular weight excluding hydrogens is 257 g/mol. The van der Waals surface area contributed by atoms with Crippen LogP contribution in [0.1, 0.15) is 10.4 Å². The Bertz CT molecular complexity index is 789. The Hall–Kier alpha value is -2.82. The molecule has 0 radical (unpaired) electrons. The molecule has 0 aliphatic heterocycles. The summed E-state index contributed by atoms with van der Waals surface area (Å²) in [7, 11) is 0. The van der Waals surface area contributed by atoms with Gasteiger partial charge in [-0.3, -0.25) is 14.8 Å². The van der Waals surface area contributed by atoms with Crippen molar-refractivity contribution in [2.24, 2.45) is 0 Å². The minimum absolute atomic E-state index is 0.0480. The van der Waals surface area contributed by atoms with Crippen molar-refractivity contribution >= 4 is 22.5 Å². The molecule has 1 aromatic carbocycles. The highest BCUT2D eigenvalue weighted by Crippen LogP contribution is 2.17. The van der Waals surface area contributed by atoms with Crippen LogP contribution in [0, 0.1) is 5.82 Å². The average Bonchev–Trinajstić information content (AvgIpc) is 2.47. The van der Waals surface area contributed by atoms with E-state index in [1.165, 1.54) is 12.3 Å². The van der Waals surface area contributed by atoms with Gasteiger partial charge in [-0.2, -0.15) is 0 Å². The van der Waals surface area contributed by atoms with Gasteiger partial charge in [0.15, 0.2) is 5.82 Å². The van der Waals surface area contributed by atoms with Crippen molar-refractivity contribution in [2.45, 2.75) is 0 Å². The number of fused-ring (bicyclic) bond motifs is 1. The van der Waals surface area contributed by atoms with Gasteiger partial charge in [-0.15, -0.1) is 0 Å². The van der Waals surface area contributed by atoms with Crippen LogP contribution in [0.25, 0.3) is 10.9 Å². The second-order valence-corrected chi connectivity index (χ2v) is 4.23. The first-order valence-electron chi connectivity index (χ1n) is 6.00. The van der Waals surface area contributed by atoms with Crippen LogP contribution in [-0.2, 0) is 0 Å². The highest BCUT2D eigenvalue weighted by atomic mass is 19.1. The van der Waals surface area contributed by atoms with Gasteiger partial charge in [0.1, 0.15) is 0 Å². The van der Waals surface area contributed by atoms with Gasteiger partial charge in [0, 0.05) is 11.6 Å². The number of carbonyl (C=O) groups excluding carboxylic acids is 1. The molecule has 0 saturated heterocycles. The molecule has 1 N–H and O–H groups in total. The Balaban J connectivity index is 1.89. The summed E-state index contributed by atoms with van der Waals surface area (Å²) in [5, 5.41) is 3.53. The first kappa shape index (κ1) is 12.2. The molecule has 0 atom stereocenters. The zero-order valence-corrected chi connectivity index (χ0v) is 10.4.